The molecule has 0 saturated carbocycles. The van der Waals surface area contributed by atoms with E-state index >= 15 is 0 Å². The summed E-state index contributed by atoms with van der Waals surface area (Å²) in [5.41, 5.74) is 8.13. The standard InChI is InChI=1S/C16H15BrN2O2/c1-20-15-7-13(9-19)6-14(17)16(15)21-10-12-4-2-3-11(5-12)8-18/h2-7H,9-10,19H2,1H3. The molecule has 0 heterocycles. The van der Waals surface area contributed by atoms with Crippen LogP contribution in [0, 0.1) is 11.3 Å². The molecule has 0 atom stereocenters. The largest absolute Gasteiger partial charge is 0.493 e. The fraction of sp³-hybridized carbons (Fsp3) is 0.188. The Morgan fingerprint density at radius 3 is 2.71 bits per heavy atom. The van der Waals surface area contributed by atoms with E-state index in [0.717, 1.165) is 15.6 Å². The number of rotatable bonds is 5. The first-order valence-corrected chi connectivity index (χ1v) is 7.15. The van der Waals surface area contributed by atoms with E-state index in [2.05, 4.69) is 22.0 Å². The van der Waals surface area contributed by atoms with Gasteiger partial charge in [-0.2, -0.15) is 5.26 Å². The Labute approximate surface area is 132 Å². The maximum atomic E-state index is 8.90. The van der Waals surface area contributed by atoms with Crippen molar-refractivity contribution in [3.8, 4) is 17.6 Å². The Balaban J connectivity index is 2.21. The molecule has 2 aromatic carbocycles. The zero-order valence-corrected chi connectivity index (χ0v) is 13.2. The molecule has 0 spiro atoms. The predicted molar refractivity (Wildman–Crippen MR) is 84.1 cm³/mol. The molecule has 2 aromatic rings. The number of hydrogen-bond donors (Lipinski definition) is 1. The maximum absolute atomic E-state index is 8.90. The minimum absolute atomic E-state index is 0.354. The van der Waals surface area contributed by atoms with Crippen LogP contribution >= 0.6 is 15.9 Å². The highest BCUT2D eigenvalue weighted by Crippen LogP contribution is 2.37. The first-order valence-electron chi connectivity index (χ1n) is 6.36. The zero-order valence-electron chi connectivity index (χ0n) is 11.6. The van der Waals surface area contributed by atoms with Crippen molar-refractivity contribution in [2.45, 2.75) is 13.2 Å². The summed E-state index contributed by atoms with van der Waals surface area (Å²) < 4.78 is 12.0. The van der Waals surface area contributed by atoms with Crippen molar-refractivity contribution < 1.29 is 9.47 Å². The van der Waals surface area contributed by atoms with Gasteiger partial charge in [-0.1, -0.05) is 12.1 Å². The van der Waals surface area contributed by atoms with Gasteiger partial charge in [-0.25, -0.2) is 0 Å². The van der Waals surface area contributed by atoms with E-state index < -0.39 is 0 Å². The highest BCUT2D eigenvalue weighted by Gasteiger charge is 2.11. The summed E-state index contributed by atoms with van der Waals surface area (Å²) in [7, 11) is 1.59. The van der Waals surface area contributed by atoms with Gasteiger partial charge in [-0.15, -0.1) is 0 Å². The monoisotopic (exact) mass is 346 g/mol. The summed E-state index contributed by atoms with van der Waals surface area (Å²) in [6.07, 6.45) is 0. The topological polar surface area (TPSA) is 68.3 Å². The number of nitrogens with two attached hydrogens (primary N) is 1. The van der Waals surface area contributed by atoms with Crippen LogP contribution in [0.15, 0.2) is 40.9 Å². The quantitative estimate of drug-likeness (QED) is 0.901. The molecular weight excluding hydrogens is 332 g/mol. The normalized spacial score (nSPS) is 10.0. The minimum atomic E-state index is 0.354. The van der Waals surface area contributed by atoms with E-state index in [1.165, 1.54) is 0 Å². The molecule has 21 heavy (non-hydrogen) atoms. The van der Waals surface area contributed by atoms with Gasteiger partial charge in [0.25, 0.3) is 0 Å². The van der Waals surface area contributed by atoms with Crippen molar-refractivity contribution in [3.63, 3.8) is 0 Å². The van der Waals surface area contributed by atoms with E-state index in [4.69, 9.17) is 20.5 Å². The number of hydrogen-bond acceptors (Lipinski definition) is 4. The van der Waals surface area contributed by atoms with Gasteiger partial charge < -0.3 is 15.2 Å². The van der Waals surface area contributed by atoms with E-state index in [1.54, 1.807) is 19.2 Å². The van der Waals surface area contributed by atoms with Crippen molar-refractivity contribution >= 4 is 15.9 Å². The Morgan fingerprint density at radius 1 is 1.24 bits per heavy atom. The third kappa shape index (κ3) is 3.75. The van der Waals surface area contributed by atoms with Crippen LogP contribution in [0.5, 0.6) is 11.5 Å². The van der Waals surface area contributed by atoms with Gasteiger partial charge in [0.15, 0.2) is 11.5 Å². The second kappa shape index (κ2) is 7.11. The minimum Gasteiger partial charge on any atom is -0.493 e. The molecule has 0 fully saturated rings. The molecule has 0 bridgehead atoms. The molecule has 0 aromatic heterocycles. The smallest absolute Gasteiger partial charge is 0.175 e. The fourth-order valence-corrected chi connectivity index (χ4v) is 2.52. The molecule has 0 saturated heterocycles. The summed E-state index contributed by atoms with van der Waals surface area (Å²) in [5.74, 6) is 1.25. The summed E-state index contributed by atoms with van der Waals surface area (Å²) in [5, 5.41) is 8.90. The predicted octanol–water partition coefficient (Wildman–Crippen LogP) is 3.37. The van der Waals surface area contributed by atoms with Gasteiger partial charge >= 0.3 is 0 Å². The second-order valence-electron chi connectivity index (χ2n) is 4.41. The lowest BCUT2D eigenvalue weighted by Crippen LogP contribution is -2.02. The molecule has 0 aliphatic carbocycles. The fourth-order valence-electron chi connectivity index (χ4n) is 1.92. The van der Waals surface area contributed by atoms with Crippen LogP contribution in [-0.2, 0) is 13.2 Å². The molecular formula is C16H15BrN2O2. The molecule has 0 amide bonds. The Morgan fingerprint density at radius 2 is 2.05 bits per heavy atom. The van der Waals surface area contributed by atoms with Gasteiger partial charge in [-0.05, 0) is 51.3 Å². The van der Waals surface area contributed by atoms with E-state index in [1.807, 2.05) is 24.3 Å². The van der Waals surface area contributed by atoms with Crippen LogP contribution in [0.3, 0.4) is 0 Å². The first-order chi connectivity index (χ1) is 10.2. The summed E-state index contributed by atoms with van der Waals surface area (Å²) in [6, 6.07) is 13.2. The van der Waals surface area contributed by atoms with Crippen LogP contribution in [0.1, 0.15) is 16.7 Å². The van der Waals surface area contributed by atoms with Crippen LogP contribution in [0.4, 0.5) is 0 Å². The average molecular weight is 347 g/mol. The number of nitrogens with zero attached hydrogens (tertiary/aromatic N) is 1. The number of benzene rings is 2. The number of methoxy groups -OCH3 is 1. The Hall–Kier alpha value is -2.03. The number of ether oxygens (including phenoxy) is 2. The Kier molecular flexibility index (Phi) is 5.20. The van der Waals surface area contributed by atoms with Gasteiger partial charge in [0.05, 0.1) is 23.2 Å². The van der Waals surface area contributed by atoms with Gasteiger partial charge in [0.2, 0.25) is 0 Å². The zero-order chi connectivity index (χ0) is 15.2. The van der Waals surface area contributed by atoms with Crippen LogP contribution in [0.25, 0.3) is 0 Å². The third-order valence-electron chi connectivity index (χ3n) is 2.96. The van der Waals surface area contributed by atoms with E-state index in [0.29, 0.717) is 30.2 Å². The van der Waals surface area contributed by atoms with Crippen molar-refractivity contribution in [1.82, 2.24) is 0 Å². The maximum Gasteiger partial charge on any atom is 0.175 e. The lowest BCUT2D eigenvalue weighted by atomic mass is 10.1. The van der Waals surface area contributed by atoms with Gasteiger partial charge in [0.1, 0.15) is 6.61 Å². The van der Waals surface area contributed by atoms with Gasteiger partial charge in [-0.3, -0.25) is 0 Å². The third-order valence-corrected chi connectivity index (χ3v) is 3.55. The summed E-state index contributed by atoms with van der Waals surface area (Å²) in [6.45, 7) is 0.784. The van der Waals surface area contributed by atoms with E-state index in [9.17, 15) is 0 Å². The van der Waals surface area contributed by atoms with Crippen molar-refractivity contribution in [3.05, 3.63) is 57.6 Å². The molecule has 0 aliphatic heterocycles. The average Bonchev–Trinajstić information content (AvgIpc) is 2.53. The van der Waals surface area contributed by atoms with Crippen LogP contribution in [-0.4, -0.2) is 7.11 Å². The SMILES string of the molecule is COc1cc(CN)cc(Br)c1OCc1cccc(C#N)c1. The van der Waals surface area contributed by atoms with Crippen LogP contribution in [0.2, 0.25) is 0 Å². The van der Waals surface area contributed by atoms with Gasteiger partial charge in [0, 0.05) is 6.54 Å². The van der Waals surface area contributed by atoms with Crippen molar-refractivity contribution in [2.24, 2.45) is 5.73 Å². The lowest BCUT2D eigenvalue weighted by Gasteiger charge is -2.14. The molecule has 108 valence electrons. The molecule has 5 heteroatoms. The highest BCUT2D eigenvalue weighted by molar-refractivity contribution is 9.10. The number of halogens is 1. The van der Waals surface area contributed by atoms with E-state index in [-0.39, 0.29) is 0 Å². The molecule has 4 nitrogen and oxygen atoms in total. The van der Waals surface area contributed by atoms with Crippen LogP contribution < -0.4 is 15.2 Å². The molecule has 0 unspecified atom stereocenters. The van der Waals surface area contributed by atoms with Crippen molar-refractivity contribution in [2.75, 3.05) is 7.11 Å². The summed E-state index contributed by atoms with van der Waals surface area (Å²) >= 11 is 3.47. The highest BCUT2D eigenvalue weighted by atomic mass is 79.9. The second-order valence-corrected chi connectivity index (χ2v) is 5.27. The first kappa shape index (κ1) is 15.4. The van der Waals surface area contributed by atoms with Crippen molar-refractivity contribution in [1.29, 1.82) is 5.26 Å². The Bertz CT molecular complexity index is 680. The summed E-state index contributed by atoms with van der Waals surface area (Å²) in [4.78, 5) is 0. The molecule has 2 rings (SSSR count). The molecule has 0 aliphatic rings. The molecule has 2 N–H and O–H groups in total. The lowest BCUT2D eigenvalue weighted by molar-refractivity contribution is 0.282. The number of nitriles is 1. The molecule has 0 radical (unpaired) electrons.